The van der Waals surface area contributed by atoms with Crippen molar-refractivity contribution in [2.24, 2.45) is 5.84 Å². The van der Waals surface area contributed by atoms with Crippen molar-refractivity contribution in [3.63, 3.8) is 0 Å². The summed E-state index contributed by atoms with van der Waals surface area (Å²) in [6.07, 6.45) is 1.60. The van der Waals surface area contributed by atoms with Gasteiger partial charge in [-0.05, 0) is 19.1 Å². The smallest absolute Gasteiger partial charge is 0.323 e. The molecular weight excluding hydrogens is 236 g/mol. The lowest BCUT2D eigenvalue weighted by molar-refractivity contribution is 0.312. The molecule has 4 N–H and O–H groups in total. The minimum Gasteiger partial charge on any atom is -0.467 e. The number of nitrogen functional groups attached to an aromatic ring is 1. The molecule has 0 aromatic carbocycles. The topological polar surface area (TPSA) is 111 Å². The molecule has 0 aliphatic heterocycles. The van der Waals surface area contributed by atoms with Crippen LogP contribution >= 0.6 is 0 Å². The Bertz CT molecular complexity index is 487. The molecule has 0 saturated heterocycles. The fourth-order valence-corrected chi connectivity index (χ4v) is 1.27. The average molecular weight is 250 g/mol. The molecule has 18 heavy (non-hydrogen) atoms. The Hall–Kier alpha value is -2.35. The summed E-state index contributed by atoms with van der Waals surface area (Å²) >= 11 is 0. The number of anilines is 2. The highest BCUT2D eigenvalue weighted by atomic mass is 16.5. The molecule has 0 saturated carbocycles. The van der Waals surface area contributed by atoms with Gasteiger partial charge in [-0.1, -0.05) is 0 Å². The van der Waals surface area contributed by atoms with E-state index in [9.17, 15) is 0 Å². The molecule has 0 amide bonds. The molecule has 2 aromatic rings. The van der Waals surface area contributed by atoms with E-state index in [-0.39, 0.29) is 12.0 Å². The molecular formula is C10H14N6O2. The number of furan rings is 1. The third kappa shape index (κ3) is 3.08. The number of ether oxygens (including phenoxy) is 1. The molecule has 0 atom stereocenters. The predicted molar refractivity (Wildman–Crippen MR) is 64.8 cm³/mol. The first-order valence-electron chi connectivity index (χ1n) is 5.43. The van der Waals surface area contributed by atoms with Crippen molar-refractivity contribution in [1.29, 1.82) is 0 Å². The van der Waals surface area contributed by atoms with Gasteiger partial charge in [-0.15, -0.1) is 0 Å². The first-order valence-corrected chi connectivity index (χ1v) is 5.43. The summed E-state index contributed by atoms with van der Waals surface area (Å²) in [5.74, 6) is 6.63. The Morgan fingerprint density at radius 1 is 1.33 bits per heavy atom. The summed E-state index contributed by atoms with van der Waals surface area (Å²) in [5.41, 5.74) is 2.35. The second kappa shape index (κ2) is 5.82. The summed E-state index contributed by atoms with van der Waals surface area (Å²) in [6.45, 7) is 2.77. The van der Waals surface area contributed by atoms with Gasteiger partial charge in [0.2, 0.25) is 11.9 Å². The van der Waals surface area contributed by atoms with Gasteiger partial charge in [0.25, 0.3) is 0 Å². The van der Waals surface area contributed by atoms with Crippen LogP contribution in [0, 0.1) is 0 Å². The second-order valence-electron chi connectivity index (χ2n) is 3.28. The molecule has 0 aliphatic rings. The van der Waals surface area contributed by atoms with Crippen molar-refractivity contribution in [3.8, 4) is 6.01 Å². The summed E-state index contributed by atoms with van der Waals surface area (Å²) in [5, 5.41) is 2.99. The minimum atomic E-state index is 0.211. The summed E-state index contributed by atoms with van der Waals surface area (Å²) in [6, 6.07) is 3.87. The molecule has 8 nitrogen and oxygen atoms in total. The van der Waals surface area contributed by atoms with Crippen molar-refractivity contribution in [2.45, 2.75) is 13.5 Å². The van der Waals surface area contributed by atoms with Crippen molar-refractivity contribution in [2.75, 3.05) is 17.3 Å². The fraction of sp³-hybridized carbons (Fsp3) is 0.300. The maximum absolute atomic E-state index is 5.27. The van der Waals surface area contributed by atoms with Crippen LogP contribution in [0.1, 0.15) is 12.7 Å². The summed E-state index contributed by atoms with van der Waals surface area (Å²) in [7, 11) is 0. The highest BCUT2D eigenvalue weighted by molar-refractivity contribution is 5.35. The molecule has 96 valence electrons. The molecule has 2 rings (SSSR count). The number of nitrogens with one attached hydrogen (secondary N) is 2. The van der Waals surface area contributed by atoms with Crippen LogP contribution in [0.2, 0.25) is 0 Å². The second-order valence-corrected chi connectivity index (χ2v) is 3.28. The number of hydrogen-bond acceptors (Lipinski definition) is 8. The van der Waals surface area contributed by atoms with Crippen LogP contribution in [-0.2, 0) is 6.54 Å². The van der Waals surface area contributed by atoms with Gasteiger partial charge in [0.1, 0.15) is 5.76 Å². The zero-order chi connectivity index (χ0) is 12.8. The van der Waals surface area contributed by atoms with E-state index >= 15 is 0 Å². The van der Waals surface area contributed by atoms with Crippen LogP contribution in [0.5, 0.6) is 6.01 Å². The van der Waals surface area contributed by atoms with Gasteiger partial charge in [-0.25, -0.2) is 5.84 Å². The van der Waals surface area contributed by atoms with E-state index in [0.29, 0.717) is 19.1 Å². The lowest BCUT2D eigenvalue weighted by atomic mass is 10.4. The van der Waals surface area contributed by atoms with Crippen molar-refractivity contribution < 1.29 is 9.15 Å². The predicted octanol–water partition coefficient (Wildman–Crippen LogP) is 0.761. The number of aromatic nitrogens is 3. The van der Waals surface area contributed by atoms with E-state index in [1.54, 1.807) is 6.26 Å². The van der Waals surface area contributed by atoms with E-state index in [0.717, 1.165) is 5.76 Å². The number of hydrazine groups is 1. The van der Waals surface area contributed by atoms with Gasteiger partial charge in [0.15, 0.2) is 0 Å². The van der Waals surface area contributed by atoms with Gasteiger partial charge in [-0.3, -0.25) is 5.43 Å². The quantitative estimate of drug-likeness (QED) is 0.509. The van der Waals surface area contributed by atoms with Crippen LogP contribution in [0.25, 0.3) is 0 Å². The molecule has 0 bridgehead atoms. The van der Waals surface area contributed by atoms with Crippen LogP contribution in [0.4, 0.5) is 11.9 Å². The number of rotatable bonds is 6. The molecule has 8 heteroatoms. The first-order chi connectivity index (χ1) is 8.81. The monoisotopic (exact) mass is 250 g/mol. The fourth-order valence-electron chi connectivity index (χ4n) is 1.27. The summed E-state index contributed by atoms with van der Waals surface area (Å²) in [4.78, 5) is 12.1. The van der Waals surface area contributed by atoms with Crippen LogP contribution in [-0.4, -0.2) is 21.6 Å². The Balaban J connectivity index is 2.08. The van der Waals surface area contributed by atoms with Crippen LogP contribution in [0.3, 0.4) is 0 Å². The molecule has 0 aliphatic carbocycles. The third-order valence-corrected chi connectivity index (χ3v) is 2.02. The Morgan fingerprint density at radius 3 is 2.83 bits per heavy atom. The maximum atomic E-state index is 5.27. The molecule has 0 radical (unpaired) electrons. The normalized spacial score (nSPS) is 10.1. The van der Waals surface area contributed by atoms with Gasteiger partial charge in [0, 0.05) is 0 Å². The largest absolute Gasteiger partial charge is 0.467 e. The van der Waals surface area contributed by atoms with Crippen molar-refractivity contribution in [1.82, 2.24) is 15.0 Å². The van der Waals surface area contributed by atoms with E-state index in [1.165, 1.54) is 0 Å². The van der Waals surface area contributed by atoms with Gasteiger partial charge in [-0.2, -0.15) is 15.0 Å². The van der Waals surface area contributed by atoms with Gasteiger partial charge < -0.3 is 14.5 Å². The van der Waals surface area contributed by atoms with E-state index < -0.39 is 0 Å². The number of hydrogen-bond donors (Lipinski definition) is 3. The molecule has 0 unspecified atom stereocenters. The molecule has 2 heterocycles. The summed E-state index contributed by atoms with van der Waals surface area (Å²) < 4.78 is 10.4. The van der Waals surface area contributed by atoms with E-state index in [1.807, 2.05) is 19.1 Å². The number of nitrogens with zero attached hydrogens (tertiary/aromatic N) is 3. The highest BCUT2D eigenvalue weighted by Gasteiger charge is 2.06. The Morgan fingerprint density at radius 2 is 2.17 bits per heavy atom. The zero-order valence-electron chi connectivity index (χ0n) is 9.88. The maximum Gasteiger partial charge on any atom is 0.323 e. The highest BCUT2D eigenvalue weighted by Crippen LogP contribution is 2.11. The minimum absolute atomic E-state index is 0.211. The molecule has 0 spiro atoms. The zero-order valence-corrected chi connectivity index (χ0v) is 9.88. The van der Waals surface area contributed by atoms with Crippen LogP contribution in [0.15, 0.2) is 22.8 Å². The van der Waals surface area contributed by atoms with Crippen LogP contribution < -0.4 is 21.3 Å². The number of nitrogens with two attached hydrogens (primary N) is 1. The molecule has 0 fully saturated rings. The third-order valence-electron chi connectivity index (χ3n) is 2.02. The standard InChI is InChI=1S/C10H14N6O2/c1-2-17-10-14-8(13-9(15-10)16-11)12-6-7-4-3-5-18-7/h3-5H,2,6,11H2,1H3,(H2,12,13,14,15,16). The Kier molecular flexibility index (Phi) is 3.92. The van der Waals surface area contributed by atoms with Gasteiger partial charge in [0.05, 0.1) is 19.4 Å². The van der Waals surface area contributed by atoms with E-state index in [4.69, 9.17) is 15.0 Å². The lowest BCUT2D eigenvalue weighted by Gasteiger charge is -2.07. The lowest BCUT2D eigenvalue weighted by Crippen LogP contribution is -2.14. The first kappa shape index (κ1) is 12.1. The SMILES string of the molecule is CCOc1nc(NN)nc(NCc2ccco2)n1. The Labute approximate surface area is 104 Å². The van der Waals surface area contributed by atoms with Gasteiger partial charge >= 0.3 is 6.01 Å². The van der Waals surface area contributed by atoms with Crippen molar-refractivity contribution in [3.05, 3.63) is 24.2 Å². The molecule has 2 aromatic heterocycles. The average Bonchev–Trinajstić information content (AvgIpc) is 2.89. The van der Waals surface area contributed by atoms with E-state index in [2.05, 4.69) is 25.7 Å². The van der Waals surface area contributed by atoms with Crippen molar-refractivity contribution >= 4 is 11.9 Å².